The van der Waals surface area contributed by atoms with Crippen molar-refractivity contribution in [2.45, 2.75) is 137 Å². The molecule has 1 unspecified atom stereocenters. The van der Waals surface area contributed by atoms with Gasteiger partial charge in [-0.2, -0.15) is 0 Å². The van der Waals surface area contributed by atoms with Gasteiger partial charge in [-0.25, -0.2) is 0 Å². The predicted molar refractivity (Wildman–Crippen MR) is 146 cm³/mol. The van der Waals surface area contributed by atoms with E-state index in [0.717, 1.165) is 55.0 Å². The third-order valence-electron chi connectivity index (χ3n) is 12.3. The molecule has 4 saturated carbocycles. The maximum absolute atomic E-state index is 6.53. The minimum Gasteiger partial charge on any atom is -0.353 e. The molecular weight excluding hydrogens is 428 g/mol. The third-order valence-corrected chi connectivity index (χ3v) is 12.3. The van der Waals surface area contributed by atoms with Gasteiger partial charge in [0.2, 0.25) is 0 Å². The lowest BCUT2D eigenvalue weighted by molar-refractivity contribution is -0.195. The van der Waals surface area contributed by atoms with E-state index in [0.29, 0.717) is 16.7 Å². The van der Waals surface area contributed by atoms with Crippen molar-refractivity contribution in [3.05, 3.63) is 12.2 Å². The summed E-state index contributed by atoms with van der Waals surface area (Å²) in [7, 11) is 0. The summed E-state index contributed by atoms with van der Waals surface area (Å²) in [6.45, 7) is 18.3. The second-order valence-electron chi connectivity index (χ2n) is 14.6. The smallest absolute Gasteiger partial charge is 0.158 e. The summed E-state index contributed by atoms with van der Waals surface area (Å²) >= 11 is 0. The Morgan fingerprint density at radius 1 is 0.886 bits per heavy atom. The lowest BCUT2D eigenvalue weighted by Gasteiger charge is -2.62. The van der Waals surface area contributed by atoms with Gasteiger partial charge in [0.25, 0.3) is 0 Å². The van der Waals surface area contributed by atoms with Crippen molar-refractivity contribution in [3.63, 3.8) is 0 Å². The Hall–Kier alpha value is -0.340. The van der Waals surface area contributed by atoms with Crippen LogP contribution in [0.5, 0.6) is 0 Å². The quantitative estimate of drug-likeness (QED) is 0.265. The van der Waals surface area contributed by atoms with E-state index in [-0.39, 0.29) is 12.4 Å². The maximum Gasteiger partial charge on any atom is 0.158 e. The van der Waals surface area contributed by atoms with Crippen LogP contribution in [0.25, 0.3) is 0 Å². The van der Waals surface area contributed by atoms with Crippen molar-refractivity contribution >= 4 is 0 Å². The molecule has 35 heavy (non-hydrogen) atoms. The summed E-state index contributed by atoms with van der Waals surface area (Å²) in [5.74, 6) is 6.19. The monoisotopic (exact) mass is 484 g/mol. The van der Waals surface area contributed by atoms with Gasteiger partial charge in [-0.3, -0.25) is 0 Å². The van der Waals surface area contributed by atoms with Gasteiger partial charge in [-0.05, 0) is 128 Å². The van der Waals surface area contributed by atoms with Crippen molar-refractivity contribution in [1.29, 1.82) is 0 Å². The van der Waals surface area contributed by atoms with Gasteiger partial charge in [-0.1, -0.05) is 60.5 Å². The number of rotatable bonds is 7. The SMILES string of the molecule is C=C1[C@H](OC2CCCCO2)CC[C@@]2(C)[C@H]1CC[C@@H]1[C@@H]2CC[C@]2(C)[C@@H]([C@H](C)CCCC(C)C)CC[C@@H]12. The molecule has 0 radical (unpaired) electrons. The van der Waals surface area contributed by atoms with E-state index >= 15 is 0 Å². The summed E-state index contributed by atoms with van der Waals surface area (Å²) in [6, 6.07) is 0. The second kappa shape index (κ2) is 10.4. The predicted octanol–water partition coefficient (Wildman–Crippen LogP) is 9.19. The average molecular weight is 485 g/mol. The van der Waals surface area contributed by atoms with Crippen molar-refractivity contribution in [2.75, 3.05) is 6.61 Å². The Morgan fingerprint density at radius 3 is 2.40 bits per heavy atom. The van der Waals surface area contributed by atoms with E-state index < -0.39 is 0 Å². The molecular formula is C33H56O2. The number of fused-ring (bicyclic) bond motifs is 5. The first-order valence-electron chi connectivity index (χ1n) is 15.7. The fourth-order valence-electron chi connectivity index (χ4n) is 10.5. The number of hydrogen-bond donors (Lipinski definition) is 0. The molecule has 10 atom stereocenters. The van der Waals surface area contributed by atoms with Gasteiger partial charge in [0.15, 0.2) is 6.29 Å². The Bertz CT molecular complexity index is 737. The van der Waals surface area contributed by atoms with Crippen molar-refractivity contribution in [3.8, 4) is 0 Å². The fourth-order valence-corrected chi connectivity index (χ4v) is 10.5. The molecule has 4 aliphatic carbocycles. The molecule has 2 nitrogen and oxygen atoms in total. The van der Waals surface area contributed by atoms with Crippen LogP contribution in [-0.4, -0.2) is 19.0 Å². The van der Waals surface area contributed by atoms with Crippen LogP contribution in [0.2, 0.25) is 0 Å². The summed E-state index contributed by atoms with van der Waals surface area (Å²) in [5, 5.41) is 0. The number of ether oxygens (including phenoxy) is 2. The highest BCUT2D eigenvalue weighted by molar-refractivity contribution is 5.21. The van der Waals surface area contributed by atoms with Crippen LogP contribution in [0.3, 0.4) is 0 Å². The highest BCUT2D eigenvalue weighted by Gasteiger charge is 2.61. The summed E-state index contributed by atoms with van der Waals surface area (Å²) in [4.78, 5) is 0. The van der Waals surface area contributed by atoms with Gasteiger partial charge in [0, 0.05) is 6.61 Å². The zero-order valence-corrected chi connectivity index (χ0v) is 23.8. The highest BCUT2D eigenvalue weighted by atomic mass is 16.7. The van der Waals surface area contributed by atoms with E-state index in [4.69, 9.17) is 16.1 Å². The van der Waals surface area contributed by atoms with Crippen LogP contribution in [0, 0.1) is 52.3 Å². The Labute approximate surface area is 217 Å². The summed E-state index contributed by atoms with van der Waals surface area (Å²) < 4.78 is 12.5. The third kappa shape index (κ3) is 4.82. The van der Waals surface area contributed by atoms with E-state index in [1.807, 2.05) is 0 Å². The lowest BCUT2D eigenvalue weighted by Crippen LogP contribution is -2.55. The topological polar surface area (TPSA) is 18.5 Å². The molecule has 5 rings (SSSR count). The van der Waals surface area contributed by atoms with Gasteiger partial charge in [-0.15, -0.1) is 0 Å². The van der Waals surface area contributed by atoms with E-state index in [1.54, 1.807) is 0 Å². The van der Waals surface area contributed by atoms with E-state index in [2.05, 4.69) is 34.6 Å². The van der Waals surface area contributed by atoms with Gasteiger partial charge >= 0.3 is 0 Å². The van der Waals surface area contributed by atoms with Crippen LogP contribution in [0.4, 0.5) is 0 Å². The first-order chi connectivity index (χ1) is 16.7. The van der Waals surface area contributed by atoms with Crippen LogP contribution in [0.15, 0.2) is 12.2 Å². The maximum atomic E-state index is 6.53. The summed E-state index contributed by atoms with van der Waals surface area (Å²) in [5.41, 5.74) is 2.45. The van der Waals surface area contributed by atoms with Crippen LogP contribution in [0.1, 0.15) is 125 Å². The molecule has 0 aromatic rings. The van der Waals surface area contributed by atoms with E-state index in [9.17, 15) is 0 Å². The van der Waals surface area contributed by atoms with Crippen molar-refractivity contribution < 1.29 is 9.47 Å². The first kappa shape index (κ1) is 26.3. The van der Waals surface area contributed by atoms with Gasteiger partial charge in [0.05, 0.1) is 6.10 Å². The van der Waals surface area contributed by atoms with Crippen LogP contribution >= 0.6 is 0 Å². The molecule has 1 aliphatic heterocycles. The fraction of sp³-hybridized carbons (Fsp3) is 0.939. The molecule has 0 aromatic heterocycles. The molecule has 5 fully saturated rings. The minimum atomic E-state index is 0.0135. The van der Waals surface area contributed by atoms with Gasteiger partial charge < -0.3 is 9.47 Å². The molecule has 0 aromatic carbocycles. The molecule has 1 saturated heterocycles. The van der Waals surface area contributed by atoms with Crippen molar-refractivity contribution in [2.24, 2.45) is 52.3 Å². The Morgan fingerprint density at radius 2 is 1.66 bits per heavy atom. The molecule has 2 heteroatoms. The summed E-state index contributed by atoms with van der Waals surface area (Å²) in [6.07, 6.45) is 19.2. The second-order valence-corrected chi connectivity index (χ2v) is 14.6. The average Bonchev–Trinajstić information content (AvgIpc) is 3.19. The number of hydrogen-bond acceptors (Lipinski definition) is 2. The van der Waals surface area contributed by atoms with Crippen molar-refractivity contribution in [1.82, 2.24) is 0 Å². The molecule has 1 heterocycles. The normalized spacial score (nSPS) is 46.7. The van der Waals surface area contributed by atoms with Gasteiger partial charge in [0.1, 0.15) is 0 Å². The zero-order valence-electron chi connectivity index (χ0n) is 23.8. The molecule has 0 bridgehead atoms. The van der Waals surface area contributed by atoms with E-state index in [1.165, 1.54) is 82.6 Å². The molecule has 5 aliphatic rings. The Kier molecular flexibility index (Phi) is 7.83. The first-order valence-corrected chi connectivity index (χ1v) is 15.7. The molecule has 0 spiro atoms. The van der Waals surface area contributed by atoms with Crippen LogP contribution in [-0.2, 0) is 9.47 Å². The molecule has 0 amide bonds. The molecule has 0 N–H and O–H groups in total. The Balaban J connectivity index is 1.25. The van der Waals surface area contributed by atoms with Crippen LogP contribution < -0.4 is 0 Å². The highest BCUT2D eigenvalue weighted by Crippen LogP contribution is 2.69. The standard InChI is InChI=1S/C33H56O2/c1-22(2)10-9-11-23(3)26-15-16-28-25-13-14-27-24(4)30(35-31-12-7-8-21-34-31)18-20-33(27,6)29(25)17-19-32(26,28)5/h22-23,25-31H,4,7-21H2,1-3,5-6H3/t23-,25+,26-,27+,28+,29+,30-,31?,32-,33+/m1/s1. The molecule has 200 valence electrons. The minimum absolute atomic E-state index is 0.0135. The lowest BCUT2D eigenvalue weighted by atomic mass is 9.44. The zero-order chi connectivity index (χ0) is 24.8. The largest absolute Gasteiger partial charge is 0.353 e.